The van der Waals surface area contributed by atoms with E-state index >= 15 is 0 Å². The van der Waals surface area contributed by atoms with Gasteiger partial charge in [0.15, 0.2) is 0 Å². The highest BCUT2D eigenvalue weighted by molar-refractivity contribution is 5.21. The lowest BCUT2D eigenvalue weighted by molar-refractivity contribution is 0.528. The minimum absolute atomic E-state index is 0.222. The Kier molecular flexibility index (Phi) is 2.34. The molecule has 1 heteroatoms. The summed E-state index contributed by atoms with van der Waals surface area (Å²) in [4.78, 5) is 0. The lowest BCUT2D eigenvalue weighted by Crippen LogP contribution is -2.13. The van der Waals surface area contributed by atoms with Gasteiger partial charge in [-0.2, -0.15) is 5.26 Å². The third-order valence-corrected chi connectivity index (χ3v) is 2.37. The first kappa shape index (κ1) is 8.33. The average Bonchev–Trinajstić information content (AvgIpc) is 2.06. The monoisotopic (exact) mass is 149 g/mol. The first-order chi connectivity index (χ1) is 5.17. The summed E-state index contributed by atoms with van der Waals surface area (Å²) in [5.74, 6) is 0. The van der Waals surface area contributed by atoms with Gasteiger partial charge in [-0.25, -0.2) is 0 Å². The van der Waals surface area contributed by atoms with Crippen LogP contribution in [-0.2, 0) is 0 Å². The second-order valence-corrected chi connectivity index (χ2v) is 3.71. The fraction of sp³-hybridized carbons (Fsp3) is 0.700. The molecule has 0 radical (unpaired) electrons. The third kappa shape index (κ3) is 1.83. The Hall–Kier alpha value is -0.770. The minimum atomic E-state index is -0.222. The number of hydrogen-bond acceptors (Lipinski definition) is 1. The molecule has 0 fully saturated rings. The molecule has 0 saturated carbocycles. The molecule has 0 atom stereocenters. The van der Waals surface area contributed by atoms with E-state index in [1.54, 1.807) is 0 Å². The first-order valence-electron chi connectivity index (χ1n) is 4.27. The van der Waals surface area contributed by atoms with Gasteiger partial charge < -0.3 is 0 Å². The van der Waals surface area contributed by atoms with Crippen molar-refractivity contribution in [3.63, 3.8) is 0 Å². The number of hydrogen-bond donors (Lipinski definition) is 0. The van der Waals surface area contributed by atoms with Crippen molar-refractivity contribution in [1.29, 1.82) is 5.26 Å². The van der Waals surface area contributed by atoms with E-state index in [1.165, 1.54) is 24.8 Å². The Morgan fingerprint density at radius 3 is 2.64 bits per heavy atom. The van der Waals surface area contributed by atoms with Gasteiger partial charge in [0.05, 0.1) is 11.5 Å². The molecule has 0 aromatic rings. The smallest absolute Gasteiger partial charge is 0.0728 e. The van der Waals surface area contributed by atoms with E-state index < -0.39 is 0 Å². The van der Waals surface area contributed by atoms with Crippen LogP contribution in [0.3, 0.4) is 0 Å². The Balaban J connectivity index is 2.74. The summed E-state index contributed by atoms with van der Waals surface area (Å²) < 4.78 is 0. The van der Waals surface area contributed by atoms with Gasteiger partial charge in [0.2, 0.25) is 0 Å². The van der Waals surface area contributed by atoms with E-state index in [9.17, 15) is 0 Å². The molecule has 1 aliphatic rings. The van der Waals surface area contributed by atoms with Crippen molar-refractivity contribution in [3.8, 4) is 6.07 Å². The molecule has 1 nitrogen and oxygen atoms in total. The van der Waals surface area contributed by atoms with E-state index in [2.05, 4.69) is 12.1 Å². The van der Waals surface area contributed by atoms with Gasteiger partial charge in [-0.1, -0.05) is 11.6 Å². The van der Waals surface area contributed by atoms with Crippen LogP contribution in [0.1, 0.15) is 39.5 Å². The topological polar surface area (TPSA) is 23.8 Å². The van der Waals surface area contributed by atoms with Gasteiger partial charge in [0, 0.05) is 0 Å². The van der Waals surface area contributed by atoms with Crippen molar-refractivity contribution in [1.82, 2.24) is 0 Å². The van der Waals surface area contributed by atoms with Crippen LogP contribution in [0.2, 0.25) is 0 Å². The summed E-state index contributed by atoms with van der Waals surface area (Å²) in [6.07, 6.45) is 7.09. The van der Waals surface area contributed by atoms with Gasteiger partial charge >= 0.3 is 0 Å². The zero-order valence-corrected chi connectivity index (χ0v) is 7.35. The predicted molar refractivity (Wildman–Crippen MR) is 45.9 cm³/mol. The third-order valence-electron chi connectivity index (χ3n) is 2.37. The molecule has 0 aliphatic heterocycles. The Morgan fingerprint density at radius 2 is 2.18 bits per heavy atom. The highest BCUT2D eigenvalue weighted by atomic mass is 14.3. The molecule has 11 heavy (non-hydrogen) atoms. The van der Waals surface area contributed by atoms with Crippen molar-refractivity contribution >= 4 is 0 Å². The van der Waals surface area contributed by atoms with E-state index in [1.807, 2.05) is 13.8 Å². The molecule has 60 valence electrons. The molecule has 1 aliphatic carbocycles. The fourth-order valence-corrected chi connectivity index (χ4v) is 1.48. The first-order valence-corrected chi connectivity index (χ1v) is 4.27. The molecule has 1 rings (SSSR count). The van der Waals surface area contributed by atoms with Crippen LogP contribution < -0.4 is 0 Å². The van der Waals surface area contributed by atoms with Gasteiger partial charge in [0.1, 0.15) is 0 Å². The Bertz CT molecular complexity index is 205. The second-order valence-electron chi connectivity index (χ2n) is 3.71. The van der Waals surface area contributed by atoms with Gasteiger partial charge in [0.25, 0.3) is 0 Å². The van der Waals surface area contributed by atoms with E-state index in [0.29, 0.717) is 0 Å². The maximum atomic E-state index is 8.86. The predicted octanol–water partition coefficient (Wildman–Crippen LogP) is 3.04. The summed E-state index contributed by atoms with van der Waals surface area (Å²) in [7, 11) is 0. The van der Waals surface area contributed by atoms with Gasteiger partial charge in [-0.15, -0.1) is 0 Å². The number of nitrogens with zero attached hydrogens (tertiary/aromatic N) is 1. The second kappa shape index (κ2) is 3.09. The molecule has 0 unspecified atom stereocenters. The summed E-state index contributed by atoms with van der Waals surface area (Å²) >= 11 is 0. The van der Waals surface area contributed by atoms with Crippen LogP contribution in [0.25, 0.3) is 0 Å². The highest BCUT2D eigenvalue weighted by Gasteiger charge is 2.22. The summed E-state index contributed by atoms with van der Waals surface area (Å²) in [5.41, 5.74) is 1.12. The average molecular weight is 149 g/mol. The van der Waals surface area contributed by atoms with Crippen molar-refractivity contribution in [2.45, 2.75) is 39.5 Å². The highest BCUT2D eigenvalue weighted by Crippen LogP contribution is 2.32. The molecule has 0 bridgehead atoms. The molecular formula is C10H15N. The Labute approximate surface area is 68.7 Å². The molecule has 0 aromatic carbocycles. The van der Waals surface area contributed by atoms with Gasteiger partial charge in [-0.3, -0.25) is 0 Å². The zero-order chi connectivity index (χ0) is 8.32. The zero-order valence-electron chi connectivity index (χ0n) is 7.35. The largest absolute Gasteiger partial charge is 0.197 e. The molecule has 0 spiro atoms. The standard InChI is InChI=1S/C10H15N/c1-10(2,8-11)9-6-4-3-5-7-9/h6H,3-5,7H2,1-2H3. The Morgan fingerprint density at radius 1 is 1.45 bits per heavy atom. The van der Waals surface area contributed by atoms with Crippen molar-refractivity contribution < 1.29 is 0 Å². The molecular weight excluding hydrogens is 134 g/mol. The molecule has 0 aromatic heterocycles. The molecule has 0 heterocycles. The van der Waals surface area contributed by atoms with Gasteiger partial charge in [-0.05, 0) is 39.5 Å². The van der Waals surface area contributed by atoms with Crippen molar-refractivity contribution in [2.75, 3.05) is 0 Å². The summed E-state index contributed by atoms with van der Waals surface area (Å²) in [6.45, 7) is 4.01. The quantitative estimate of drug-likeness (QED) is 0.526. The minimum Gasteiger partial charge on any atom is -0.197 e. The number of nitriles is 1. The summed E-state index contributed by atoms with van der Waals surface area (Å²) in [5, 5.41) is 8.86. The van der Waals surface area contributed by atoms with Crippen LogP contribution in [0.4, 0.5) is 0 Å². The molecule has 0 amide bonds. The number of allylic oxidation sites excluding steroid dienone is 2. The van der Waals surface area contributed by atoms with Crippen molar-refractivity contribution in [3.05, 3.63) is 11.6 Å². The fourth-order valence-electron chi connectivity index (χ4n) is 1.48. The SMILES string of the molecule is CC(C)(C#N)C1=CCCCC1. The molecule has 0 saturated heterocycles. The van der Waals surface area contributed by atoms with E-state index in [0.717, 1.165) is 6.42 Å². The normalized spacial score (nSPS) is 18.8. The van der Waals surface area contributed by atoms with Crippen LogP contribution in [0, 0.1) is 16.7 Å². The van der Waals surface area contributed by atoms with Crippen LogP contribution in [-0.4, -0.2) is 0 Å². The maximum absolute atomic E-state index is 8.86. The van der Waals surface area contributed by atoms with E-state index in [4.69, 9.17) is 5.26 Å². The lowest BCUT2D eigenvalue weighted by atomic mass is 9.80. The summed E-state index contributed by atoms with van der Waals surface area (Å²) in [6, 6.07) is 2.34. The van der Waals surface area contributed by atoms with Crippen LogP contribution >= 0.6 is 0 Å². The number of rotatable bonds is 1. The van der Waals surface area contributed by atoms with Crippen LogP contribution in [0.15, 0.2) is 11.6 Å². The van der Waals surface area contributed by atoms with Crippen LogP contribution in [0.5, 0.6) is 0 Å². The van der Waals surface area contributed by atoms with E-state index in [-0.39, 0.29) is 5.41 Å². The molecule has 0 N–H and O–H groups in total. The van der Waals surface area contributed by atoms with Crippen molar-refractivity contribution in [2.24, 2.45) is 5.41 Å². The maximum Gasteiger partial charge on any atom is 0.0728 e. The lowest BCUT2D eigenvalue weighted by Gasteiger charge is -2.22.